The number of rotatable bonds is 6. The number of primary sulfonamides is 1. The molecule has 0 aliphatic carbocycles. The van der Waals surface area contributed by atoms with Crippen LogP contribution < -0.4 is 10.5 Å². The van der Waals surface area contributed by atoms with Gasteiger partial charge in [0, 0.05) is 29.6 Å². The van der Waals surface area contributed by atoms with Crippen molar-refractivity contribution in [2.45, 2.75) is 25.2 Å². The van der Waals surface area contributed by atoms with Crippen LogP contribution in [0.3, 0.4) is 0 Å². The Hall–Kier alpha value is -2.48. The first kappa shape index (κ1) is 20.3. The molecule has 7 heteroatoms. The Morgan fingerprint density at radius 3 is 2.11 bits per heavy atom. The minimum Gasteiger partial charge on any atom is -0.388 e. The lowest BCUT2D eigenvalue weighted by Crippen LogP contribution is -2.11. The number of thiophene rings is 1. The van der Waals surface area contributed by atoms with Gasteiger partial charge in [-0.05, 0) is 47.9 Å². The number of sulfonamides is 1. The summed E-state index contributed by atoms with van der Waals surface area (Å²) in [5, 5.41) is 8.29. The van der Waals surface area contributed by atoms with Crippen molar-refractivity contribution in [3.05, 3.63) is 59.0 Å². The number of benzene rings is 2. The van der Waals surface area contributed by atoms with Gasteiger partial charge in [0.05, 0.1) is 9.77 Å². The zero-order chi connectivity index (χ0) is 20.5. The molecule has 2 aromatic carbocycles. The zero-order valence-electron chi connectivity index (χ0n) is 15.9. The summed E-state index contributed by atoms with van der Waals surface area (Å²) in [6.07, 6.45) is 0.403. The van der Waals surface area contributed by atoms with E-state index in [4.69, 9.17) is 5.14 Å². The monoisotopic (exact) mass is 414 g/mol. The highest BCUT2D eigenvalue weighted by molar-refractivity contribution is 7.89. The maximum absolute atomic E-state index is 12.6. The van der Waals surface area contributed by atoms with Crippen molar-refractivity contribution in [2.75, 3.05) is 12.4 Å². The second kappa shape index (κ2) is 7.87. The van der Waals surface area contributed by atoms with Crippen molar-refractivity contribution in [1.82, 2.24) is 0 Å². The summed E-state index contributed by atoms with van der Waals surface area (Å²) in [5.74, 6) is 0.0664. The number of nitrogens with two attached hydrogens (primary N) is 1. The third kappa shape index (κ3) is 3.87. The summed E-state index contributed by atoms with van der Waals surface area (Å²) < 4.78 is 23.1. The minimum atomic E-state index is -3.76. The topological polar surface area (TPSA) is 89.3 Å². The fraction of sp³-hybridized carbons (Fsp3) is 0.190. The zero-order valence-corrected chi connectivity index (χ0v) is 17.6. The first-order chi connectivity index (χ1) is 13.3. The number of hydrogen-bond acceptors (Lipinski definition) is 5. The summed E-state index contributed by atoms with van der Waals surface area (Å²) in [5.41, 5.74) is 4.71. The Morgan fingerprint density at radius 2 is 1.61 bits per heavy atom. The molecule has 146 valence electrons. The van der Waals surface area contributed by atoms with Crippen LogP contribution in [0, 0.1) is 6.92 Å². The van der Waals surface area contributed by atoms with Crippen LogP contribution in [0.25, 0.3) is 21.6 Å². The van der Waals surface area contributed by atoms with Gasteiger partial charge in [-0.25, -0.2) is 13.6 Å². The van der Waals surface area contributed by atoms with Crippen molar-refractivity contribution in [3.63, 3.8) is 0 Å². The summed E-state index contributed by atoms with van der Waals surface area (Å²) >= 11 is 1.48. The molecule has 0 bridgehead atoms. The van der Waals surface area contributed by atoms with Crippen LogP contribution in [0.1, 0.15) is 28.6 Å². The van der Waals surface area contributed by atoms with Gasteiger partial charge < -0.3 is 5.32 Å². The lowest BCUT2D eigenvalue weighted by atomic mass is 9.97. The Labute approximate surface area is 169 Å². The summed E-state index contributed by atoms with van der Waals surface area (Å²) in [6, 6.07) is 14.4. The van der Waals surface area contributed by atoms with E-state index < -0.39 is 10.0 Å². The van der Waals surface area contributed by atoms with E-state index in [0.717, 1.165) is 32.8 Å². The third-order valence-corrected chi connectivity index (χ3v) is 6.94. The number of anilines is 1. The van der Waals surface area contributed by atoms with Crippen molar-refractivity contribution in [1.29, 1.82) is 0 Å². The Morgan fingerprint density at radius 1 is 1.04 bits per heavy atom. The summed E-state index contributed by atoms with van der Waals surface area (Å²) in [7, 11) is -1.89. The molecule has 5 nitrogen and oxygen atoms in total. The predicted octanol–water partition coefficient (Wildman–Crippen LogP) is 4.67. The van der Waals surface area contributed by atoms with Crippen LogP contribution in [0.15, 0.2) is 53.4 Å². The third-order valence-electron chi connectivity index (χ3n) is 4.63. The van der Waals surface area contributed by atoms with Gasteiger partial charge in [-0.2, -0.15) is 0 Å². The molecule has 0 fully saturated rings. The van der Waals surface area contributed by atoms with Crippen LogP contribution in [0.4, 0.5) is 5.69 Å². The molecular formula is C21H22N2O3S2. The molecule has 0 amide bonds. The number of carbonyl (C=O) groups is 1. The molecule has 1 aromatic heterocycles. The van der Waals surface area contributed by atoms with Gasteiger partial charge in [0.15, 0.2) is 5.78 Å². The average Bonchev–Trinajstić information content (AvgIpc) is 3.04. The number of Topliss-reactive ketones (excluding diaryl/α,β-unsaturated/α-hetero) is 1. The lowest BCUT2D eigenvalue weighted by molar-refractivity contribution is 0.0992. The predicted molar refractivity (Wildman–Crippen MR) is 115 cm³/mol. The summed E-state index contributed by atoms with van der Waals surface area (Å²) in [6.45, 7) is 3.83. The Kier molecular flexibility index (Phi) is 5.69. The Balaban J connectivity index is 2.16. The molecule has 3 aromatic rings. The second-order valence-corrected chi connectivity index (χ2v) is 9.02. The molecule has 3 N–H and O–H groups in total. The molecule has 0 aliphatic rings. The maximum Gasteiger partial charge on any atom is 0.238 e. The van der Waals surface area contributed by atoms with Gasteiger partial charge in [-0.3, -0.25) is 4.79 Å². The molecule has 1 heterocycles. The van der Waals surface area contributed by atoms with Crippen molar-refractivity contribution < 1.29 is 13.2 Å². The van der Waals surface area contributed by atoms with Crippen LogP contribution in [0.2, 0.25) is 0 Å². The number of ketones is 1. The van der Waals surface area contributed by atoms with Crippen molar-refractivity contribution in [3.8, 4) is 21.6 Å². The lowest BCUT2D eigenvalue weighted by Gasteiger charge is -2.07. The first-order valence-electron chi connectivity index (χ1n) is 8.84. The van der Waals surface area contributed by atoms with E-state index >= 15 is 0 Å². The standard InChI is InChI=1S/C21H22N2O3S2/c1-4-18(24)21-19(14-7-11-17(12-8-14)28(22,25)26)13(2)20(27-21)15-5-9-16(23-3)10-6-15/h5-12,23H,4H2,1-3H3,(H2,22,25,26). The van der Waals surface area contributed by atoms with Gasteiger partial charge >= 0.3 is 0 Å². The molecule has 0 radical (unpaired) electrons. The summed E-state index contributed by atoms with van der Waals surface area (Å²) in [4.78, 5) is 14.4. The first-order valence-corrected chi connectivity index (χ1v) is 11.2. The molecule has 0 saturated heterocycles. The van der Waals surface area contributed by atoms with Crippen LogP contribution in [0.5, 0.6) is 0 Å². The van der Waals surface area contributed by atoms with Gasteiger partial charge in [-0.1, -0.05) is 31.2 Å². The molecule has 28 heavy (non-hydrogen) atoms. The number of hydrogen-bond donors (Lipinski definition) is 2. The van der Waals surface area contributed by atoms with E-state index in [2.05, 4.69) is 5.32 Å². The highest BCUT2D eigenvalue weighted by Crippen LogP contribution is 2.42. The SMILES string of the molecule is CCC(=O)c1sc(-c2ccc(NC)cc2)c(C)c1-c1ccc(S(N)(=O)=O)cc1. The normalized spacial score (nSPS) is 11.4. The van der Waals surface area contributed by atoms with E-state index in [0.29, 0.717) is 11.3 Å². The molecular weight excluding hydrogens is 392 g/mol. The van der Waals surface area contributed by atoms with Gasteiger partial charge in [-0.15, -0.1) is 11.3 Å². The maximum atomic E-state index is 12.6. The largest absolute Gasteiger partial charge is 0.388 e. The second-order valence-electron chi connectivity index (χ2n) is 6.43. The van der Waals surface area contributed by atoms with E-state index in [-0.39, 0.29) is 10.7 Å². The van der Waals surface area contributed by atoms with Crippen LogP contribution in [-0.2, 0) is 10.0 Å². The highest BCUT2D eigenvalue weighted by atomic mass is 32.2. The molecule has 0 atom stereocenters. The molecule has 0 spiro atoms. The highest BCUT2D eigenvalue weighted by Gasteiger charge is 2.22. The minimum absolute atomic E-state index is 0.0513. The van der Waals surface area contributed by atoms with Crippen molar-refractivity contribution >= 4 is 32.8 Å². The van der Waals surface area contributed by atoms with E-state index in [9.17, 15) is 13.2 Å². The molecule has 0 saturated carbocycles. The molecule has 3 rings (SSSR count). The van der Waals surface area contributed by atoms with E-state index in [1.54, 1.807) is 12.1 Å². The fourth-order valence-electron chi connectivity index (χ4n) is 3.09. The van der Waals surface area contributed by atoms with Gasteiger partial charge in [0.25, 0.3) is 0 Å². The average molecular weight is 415 g/mol. The molecule has 0 aliphatic heterocycles. The van der Waals surface area contributed by atoms with Crippen LogP contribution in [-0.4, -0.2) is 21.2 Å². The Bertz CT molecular complexity index is 1110. The number of nitrogens with one attached hydrogen (secondary N) is 1. The quantitative estimate of drug-likeness (QED) is 0.574. The van der Waals surface area contributed by atoms with E-state index in [1.807, 2.05) is 45.2 Å². The smallest absolute Gasteiger partial charge is 0.238 e. The van der Waals surface area contributed by atoms with Gasteiger partial charge in [0.1, 0.15) is 0 Å². The van der Waals surface area contributed by atoms with E-state index in [1.165, 1.54) is 23.5 Å². The number of carbonyl (C=O) groups excluding carboxylic acids is 1. The van der Waals surface area contributed by atoms with Crippen LogP contribution >= 0.6 is 11.3 Å². The molecule has 0 unspecified atom stereocenters. The van der Waals surface area contributed by atoms with Crippen molar-refractivity contribution in [2.24, 2.45) is 5.14 Å². The fourth-order valence-corrected chi connectivity index (χ4v) is 4.95. The van der Waals surface area contributed by atoms with Gasteiger partial charge in [0.2, 0.25) is 10.0 Å².